The molecule has 2 aromatic heterocycles. The molecule has 0 spiro atoms. The monoisotopic (exact) mass is 551 g/mol. The predicted molar refractivity (Wildman–Crippen MR) is 165 cm³/mol. The molecular formula is C35H25N3O2S. The van der Waals surface area contributed by atoms with E-state index in [1.807, 2.05) is 30.3 Å². The Bertz CT molecular complexity index is 2030. The molecule has 0 saturated carbocycles. The highest BCUT2D eigenvalue weighted by Gasteiger charge is 2.20. The molecule has 0 N–H and O–H groups in total. The van der Waals surface area contributed by atoms with Crippen molar-refractivity contribution in [2.45, 2.75) is 9.92 Å². The molecule has 0 radical (unpaired) electrons. The van der Waals surface area contributed by atoms with Crippen LogP contribution in [0.3, 0.4) is 0 Å². The molecule has 5 nitrogen and oxygen atoms in total. The van der Waals surface area contributed by atoms with Crippen molar-refractivity contribution in [1.29, 1.82) is 0 Å². The van der Waals surface area contributed by atoms with Crippen LogP contribution in [0.5, 0.6) is 0 Å². The summed E-state index contributed by atoms with van der Waals surface area (Å²) < 4.78 is 28.5. The van der Waals surface area contributed by atoms with Crippen LogP contribution in [0, 0.1) is 0 Å². The Labute approximate surface area is 238 Å². The van der Waals surface area contributed by atoms with E-state index in [0.717, 1.165) is 33.8 Å². The Hall–Kier alpha value is -5.20. The average molecular weight is 552 g/mol. The summed E-state index contributed by atoms with van der Waals surface area (Å²) in [6.07, 6.45) is 1.61. The Morgan fingerprint density at radius 2 is 1.02 bits per heavy atom. The lowest BCUT2D eigenvalue weighted by Gasteiger charge is -2.25. The van der Waals surface area contributed by atoms with Gasteiger partial charge in [-0.3, -0.25) is 0 Å². The van der Waals surface area contributed by atoms with Gasteiger partial charge in [0.2, 0.25) is 9.84 Å². The van der Waals surface area contributed by atoms with Crippen molar-refractivity contribution in [2.24, 2.45) is 0 Å². The average Bonchev–Trinajstić information content (AvgIpc) is 3.37. The minimum absolute atomic E-state index is 0.0159. The number of rotatable bonds is 6. The van der Waals surface area contributed by atoms with Crippen molar-refractivity contribution in [2.75, 3.05) is 4.90 Å². The van der Waals surface area contributed by atoms with Gasteiger partial charge in [-0.15, -0.1) is 0 Å². The first-order chi connectivity index (χ1) is 20.1. The lowest BCUT2D eigenvalue weighted by molar-refractivity contribution is 0.592. The number of aromatic nitrogens is 2. The van der Waals surface area contributed by atoms with E-state index < -0.39 is 9.84 Å². The van der Waals surface area contributed by atoms with Gasteiger partial charge in [0.1, 0.15) is 0 Å². The molecule has 0 aliphatic carbocycles. The largest absolute Gasteiger partial charge is 0.309 e. The number of para-hydroxylation sites is 3. The third kappa shape index (κ3) is 4.35. The van der Waals surface area contributed by atoms with E-state index >= 15 is 0 Å². The second kappa shape index (κ2) is 10.1. The van der Waals surface area contributed by atoms with Crippen molar-refractivity contribution in [3.8, 4) is 5.69 Å². The van der Waals surface area contributed by atoms with Gasteiger partial charge in [0.15, 0.2) is 5.03 Å². The standard InChI is InChI=1S/C35H25N3O2S/c39-41(40,30-13-5-2-6-14-30)35-24-23-29(25-36-35)37(26-11-3-1-4-12-26)27-19-21-28(22-20-27)38-33-17-9-7-15-31(33)32-16-8-10-18-34(32)38/h1-25H. The van der Waals surface area contributed by atoms with Gasteiger partial charge in [-0.2, -0.15) is 0 Å². The van der Waals surface area contributed by atoms with Crippen LogP contribution in [0.2, 0.25) is 0 Å². The Kier molecular flexibility index (Phi) is 6.10. The van der Waals surface area contributed by atoms with Gasteiger partial charge in [0.25, 0.3) is 0 Å². The fraction of sp³-hybridized carbons (Fsp3) is 0. The van der Waals surface area contributed by atoms with E-state index in [9.17, 15) is 8.42 Å². The molecule has 0 saturated heterocycles. The van der Waals surface area contributed by atoms with Crippen LogP contribution in [-0.4, -0.2) is 18.0 Å². The van der Waals surface area contributed by atoms with E-state index in [0.29, 0.717) is 0 Å². The van der Waals surface area contributed by atoms with Crippen LogP contribution < -0.4 is 4.90 Å². The lowest BCUT2D eigenvalue weighted by Crippen LogP contribution is -2.11. The first-order valence-corrected chi connectivity index (χ1v) is 14.8. The molecule has 0 aliphatic rings. The first kappa shape index (κ1) is 24.8. The normalized spacial score (nSPS) is 11.6. The van der Waals surface area contributed by atoms with Gasteiger partial charge in [0.05, 0.1) is 27.8 Å². The summed E-state index contributed by atoms with van der Waals surface area (Å²) in [6, 6.07) is 47.0. The van der Waals surface area contributed by atoms with Gasteiger partial charge < -0.3 is 9.47 Å². The molecule has 0 unspecified atom stereocenters. The van der Waals surface area contributed by atoms with E-state index in [2.05, 4.69) is 87.2 Å². The summed E-state index contributed by atoms with van der Waals surface area (Å²) in [6.45, 7) is 0. The SMILES string of the molecule is O=S(=O)(c1ccccc1)c1ccc(N(c2ccccc2)c2ccc(-n3c4ccccc4c4ccccc43)cc2)cn1. The minimum atomic E-state index is -3.71. The van der Waals surface area contributed by atoms with Gasteiger partial charge in [-0.25, -0.2) is 13.4 Å². The van der Waals surface area contributed by atoms with Crippen LogP contribution in [0.4, 0.5) is 17.1 Å². The molecule has 7 rings (SSSR count). The van der Waals surface area contributed by atoms with Crippen LogP contribution in [0.1, 0.15) is 0 Å². The van der Waals surface area contributed by atoms with Gasteiger partial charge in [0, 0.05) is 27.8 Å². The number of pyridine rings is 1. The zero-order valence-electron chi connectivity index (χ0n) is 22.0. The molecule has 0 aliphatic heterocycles. The van der Waals surface area contributed by atoms with Crippen LogP contribution in [0.15, 0.2) is 162 Å². The van der Waals surface area contributed by atoms with E-state index in [1.54, 1.807) is 48.7 Å². The molecule has 0 atom stereocenters. The molecule has 6 heteroatoms. The number of sulfone groups is 1. The topological polar surface area (TPSA) is 55.2 Å². The molecule has 7 aromatic rings. The number of hydrogen-bond donors (Lipinski definition) is 0. The molecule has 2 heterocycles. The van der Waals surface area contributed by atoms with E-state index in [4.69, 9.17) is 0 Å². The molecule has 5 aromatic carbocycles. The van der Waals surface area contributed by atoms with Gasteiger partial charge >= 0.3 is 0 Å². The summed E-state index contributed by atoms with van der Waals surface area (Å²) in [5.74, 6) is 0. The molecular weight excluding hydrogens is 526 g/mol. The quantitative estimate of drug-likeness (QED) is 0.208. The Morgan fingerprint density at radius 3 is 1.61 bits per heavy atom. The number of hydrogen-bond acceptors (Lipinski definition) is 4. The minimum Gasteiger partial charge on any atom is -0.309 e. The number of benzene rings is 5. The van der Waals surface area contributed by atoms with Crippen molar-refractivity contribution in [1.82, 2.24) is 9.55 Å². The number of nitrogens with zero attached hydrogens (tertiary/aromatic N) is 3. The van der Waals surface area contributed by atoms with Crippen molar-refractivity contribution in [3.05, 3.63) is 152 Å². The zero-order chi connectivity index (χ0) is 27.8. The van der Waals surface area contributed by atoms with Crippen LogP contribution in [0.25, 0.3) is 27.5 Å². The van der Waals surface area contributed by atoms with E-state index in [1.165, 1.54) is 10.8 Å². The number of anilines is 3. The number of fused-ring (bicyclic) bond motifs is 3. The summed E-state index contributed by atoms with van der Waals surface area (Å²) in [7, 11) is -3.71. The summed E-state index contributed by atoms with van der Waals surface area (Å²) in [4.78, 5) is 6.69. The van der Waals surface area contributed by atoms with Crippen molar-refractivity contribution in [3.63, 3.8) is 0 Å². The highest BCUT2D eigenvalue weighted by molar-refractivity contribution is 7.91. The maximum absolute atomic E-state index is 13.1. The Morgan fingerprint density at radius 1 is 0.512 bits per heavy atom. The Balaban J connectivity index is 1.30. The van der Waals surface area contributed by atoms with Gasteiger partial charge in [-0.1, -0.05) is 72.8 Å². The first-order valence-electron chi connectivity index (χ1n) is 13.3. The fourth-order valence-corrected chi connectivity index (χ4v) is 6.56. The fourth-order valence-electron chi connectivity index (χ4n) is 5.36. The van der Waals surface area contributed by atoms with Crippen molar-refractivity contribution >= 4 is 48.7 Å². The molecule has 0 bridgehead atoms. The van der Waals surface area contributed by atoms with Gasteiger partial charge in [-0.05, 0) is 72.8 Å². The van der Waals surface area contributed by atoms with Crippen LogP contribution in [-0.2, 0) is 9.84 Å². The predicted octanol–water partition coefficient (Wildman–Crippen LogP) is 8.48. The lowest BCUT2D eigenvalue weighted by atomic mass is 10.2. The van der Waals surface area contributed by atoms with E-state index in [-0.39, 0.29) is 9.92 Å². The second-order valence-corrected chi connectivity index (χ2v) is 11.6. The molecule has 0 amide bonds. The highest BCUT2D eigenvalue weighted by atomic mass is 32.2. The highest BCUT2D eigenvalue weighted by Crippen LogP contribution is 2.37. The van der Waals surface area contributed by atoms with Crippen LogP contribution >= 0.6 is 0 Å². The van der Waals surface area contributed by atoms with Crippen molar-refractivity contribution < 1.29 is 8.42 Å². The third-order valence-electron chi connectivity index (χ3n) is 7.27. The summed E-state index contributed by atoms with van der Waals surface area (Å²) in [5, 5.41) is 2.45. The smallest absolute Gasteiger partial charge is 0.223 e. The second-order valence-electron chi connectivity index (χ2n) is 9.73. The molecule has 0 fully saturated rings. The molecule has 198 valence electrons. The zero-order valence-corrected chi connectivity index (χ0v) is 22.8. The summed E-state index contributed by atoms with van der Waals surface area (Å²) >= 11 is 0. The maximum atomic E-state index is 13.1. The summed E-state index contributed by atoms with van der Waals surface area (Å²) in [5.41, 5.74) is 6.00. The molecule has 41 heavy (non-hydrogen) atoms. The maximum Gasteiger partial charge on any atom is 0.223 e. The third-order valence-corrected chi connectivity index (χ3v) is 8.95.